The van der Waals surface area contributed by atoms with E-state index in [9.17, 15) is 14.4 Å². The maximum atomic E-state index is 12.2. The number of carbonyl (C=O) groups is 3. The lowest BCUT2D eigenvalue weighted by molar-refractivity contribution is -0.123. The molecule has 142 valence electrons. The fourth-order valence-electron chi connectivity index (χ4n) is 2.22. The summed E-state index contributed by atoms with van der Waals surface area (Å²) in [7, 11) is 0. The van der Waals surface area contributed by atoms with Gasteiger partial charge in [0.05, 0.1) is 12.2 Å². The van der Waals surface area contributed by atoms with Crippen LogP contribution in [0, 0.1) is 0 Å². The predicted octanol–water partition coefficient (Wildman–Crippen LogP) is 3.23. The van der Waals surface area contributed by atoms with Crippen LogP contribution in [-0.2, 0) is 14.3 Å². The molecule has 0 radical (unpaired) electrons. The second kappa shape index (κ2) is 9.38. The number of carbonyl (C=O) groups excluding carboxylic acids is 3. The third kappa shape index (κ3) is 6.14. The van der Waals surface area contributed by atoms with E-state index in [0.29, 0.717) is 29.3 Å². The van der Waals surface area contributed by atoms with Crippen LogP contribution in [0.25, 0.3) is 0 Å². The fraction of sp³-hybridized carbons (Fsp3) is 0.250. The van der Waals surface area contributed by atoms with Gasteiger partial charge in [0.2, 0.25) is 5.91 Å². The quantitative estimate of drug-likeness (QED) is 0.730. The Bertz CT molecular complexity index is 800. The van der Waals surface area contributed by atoms with E-state index in [1.54, 1.807) is 48.5 Å². The van der Waals surface area contributed by atoms with E-state index < -0.39 is 18.0 Å². The molecule has 0 aliphatic rings. The minimum absolute atomic E-state index is 0.179. The summed E-state index contributed by atoms with van der Waals surface area (Å²) < 4.78 is 10.5. The average molecular weight is 370 g/mol. The molecule has 0 heterocycles. The van der Waals surface area contributed by atoms with Crippen LogP contribution in [0.15, 0.2) is 48.5 Å². The third-order valence-corrected chi connectivity index (χ3v) is 3.53. The summed E-state index contributed by atoms with van der Waals surface area (Å²) in [5.74, 6) is -0.576. The summed E-state index contributed by atoms with van der Waals surface area (Å²) >= 11 is 0. The van der Waals surface area contributed by atoms with Gasteiger partial charge >= 0.3 is 5.97 Å². The van der Waals surface area contributed by atoms with Crippen molar-refractivity contribution in [1.82, 2.24) is 0 Å². The Morgan fingerprint density at radius 3 is 2.00 bits per heavy atom. The van der Waals surface area contributed by atoms with Gasteiger partial charge in [0, 0.05) is 18.3 Å². The van der Waals surface area contributed by atoms with Crippen molar-refractivity contribution in [3.63, 3.8) is 0 Å². The maximum absolute atomic E-state index is 12.2. The summed E-state index contributed by atoms with van der Waals surface area (Å²) in [6.45, 7) is 5.31. The highest BCUT2D eigenvalue weighted by atomic mass is 16.5. The largest absolute Gasteiger partial charge is 0.494 e. The number of benzene rings is 2. The monoisotopic (exact) mass is 370 g/mol. The molecule has 2 aromatic carbocycles. The van der Waals surface area contributed by atoms with E-state index in [1.807, 2.05) is 6.92 Å². The summed E-state index contributed by atoms with van der Waals surface area (Å²) in [5.41, 5.74) is 1.48. The van der Waals surface area contributed by atoms with Crippen LogP contribution in [0.2, 0.25) is 0 Å². The molecule has 0 fully saturated rings. The van der Waals surface area contributed by atoms with Gasteiger partial charge in [-0.3, -0.25) is 9.59 Å². The molecule has 0 spiro atoms. The topological polar surface area (TPSA) is 93.7 Å². The highest BCUT2D eigenvalue weighted by Crippen LogP contribution is 2.16. The molecule has 0 aliphatic heterocycles. The molecular formula is C20H22N2O5. The van der Waals surface area contributed by atoms with Crippen LogP contribution in [-0.4, -0.2) is 30.5 Å². The number of nitrogens with one attached hydrogen (secondary N) is 2. The molecule has 0 unspecified atom stereocenters. The van der Waals surface area contributed by atoms with E-state index in [1.165, 1.54) is 13.8 Å². The molecule has 2 N–H and O–H groups in total. The van der Waals surface area contributed by atoms with Crippen molar-refractivity contribution in [3.05, 3.63) is 54.1 Å². The Morgan fingerprint density at radius 2 is 1.48 bits per heavy atom. The van der Waals surface area contributed by atoms with Gasteiger partial charge < -0.3 is 20.1 Å². The van der Waals surface area contributed by atoms with Gasteiger partial charge in [-0.1, -0.05) is 0 Å². The van der Waals surface area contributed by atoms with Gasteiger partial charge in [-0.15, -0.1) is 0 Å². The van der Waals surface area contributed by atoms with Crippen LogP contribution in [0.5, 0.6) is 5.75 Å². The molecule has 0 bridgehead atoms. The van der Waals surface area contributed by atoms with Crippen LogP contribution in [0.3, 0.4) is 0 Å². The number of hydrogen-bond acceptors (Lipinski definition) is 5. The van der Waals surface area contributed by atoms with Crippen molar-refractivity contribution < 1.29 is 23.9 Å². The molecular weight excluding hydrogens is 348 g/mol. The van der Waals surface area contributed by atoms with Crippen molar-refractivity contribution in [2.24, 2.45) is 0 Å². The molecule has 2 aromatic rings. The molecule has 0 saturated heterocycles. The number of ether oxygens (including phenoxy) is 2. The van der Waals surface area contributed by atoms with Crippen molar-refractivity contribution in [2.75, 3.05) is 17.2 Å². The van der Waals surface area contributed by atoms with E-state index in [-0.39, 0.29) is 5.91 Å². The summed E-state index contributed by atoms with van der Waals surface area (Å²) in [5, 5.41) is 5.29. The van der Waals surface area contributed by atoms with Gasteiger partial charge in [-0.05, 0) is 62.4 Å². The first-order valence-electron chi connectivity index (χ1n) is 8.51. The van der Waals surface area contributed by atoms with Gasteiger partial charge in [-0.25, -0.2) is 4.79 Å². The molecule has 2 amide bonds. The minimum Gasteiger partial charge on any atom is -0.494 e. The number of hydrogen-bond donors (Lipinski definition) is 2. The average Bonchev–Trinajstić information content (AvgIpc) is 2.63. The Morgan fingerprint density at radius 1 is 0.926 bits per heavy atom. The summed E-state index contributed by atoms with van der Waals surface area (Å²) in [6.07, 6.45) is -0.973. The molecule has 0 aromatic heterocycles. The normalized spacial score (nSPS) is 11.2. The Balaban J connectivity index is 1.90. The number of rotatable bonds is 7. The van der Waals surface area contributed by atoms with E-state index >= 15 is 0 Å². The zero-order valence-corrected chi connectivity index (χ0v) is 15.4. The lowest BCUT2D eigenvalue weighted by Gasteiger charge is -2.14. The Labute approximate surface area is 157 Å². The van der Waals surface area contributed by atoms with Crippen molar-refractivity contribution in [1.29, 1.82) is 0 Å². The minimum atomic E-state index is -0.973. The van der Waals surface area contributed by atoms with Crippen LogP contribution in [0.1, 0.15) is 31.1 Å². The lowest BCUT2D eigenvalue weighted by Crippen LogP contribution is -2.30. The molecule has 2 rings (SSSR count). The molecule has 0 aliphatic carbocycles. The van der Waals surface area contributed by atoms with Crippen molar-refractivity contribution >= 4 is 29.2 Å². The van der Waals surface area contributed by atoms with Gasteiger partial charge in [0.25, 0.3) is 5.91 Å². The zero-order valence-electron chi connectivity index (χ0n) is 15.4. The summed E-state index contributed by atoms with van der Waals surface area (Å²) in [6, 6.07) is 13.1. The Kier molecular flexibility index (Phi) is 6.93. The zero-order chi connectivity index (χ0) is 19.8. The number of anilines is 2. The van der Waals surface area contributed by atoms with Crippen molar-refractivity contribution in [3.8, 4) is 5.75 Å². The molecule has 1 atom stereocenters. The first-order valence-corrected chi connectivity index (χ1v) is 8.51. The smallest absolute Gasteiger partial charge is 0.338 e. The highest BCUT2D eigenvalue weighted by Gasteiger charge is 2.19. The van der Waals surface area contributed by atoms with Gasteiger partial charge in [0.1, 0.15) is 5.75 Å². The molecule has 27 heavy (non-hydrogen) atoms. The first kappa shape index (κ1) is 20.0. The van der Waals surface area contributed by atoms with Crippen molar-refractivity contribution in [2.45, 2.75) is 26.9 Å². The second-order valence-electron chi connectivity index (χ2n) is 5.75. The highest BCUT2D eigenvalue weighted by molar-refractivity contribution is 5.97. The second-order valence-corrected chi connectivity index (χ2v) is 5.75. The van der Waals surface area contributed by atoms with Crippen LogP contribution in [0.4, 0.5) is 11.4 Å². The SMILES string of the molecule is CCOc1ccc(C(=O)O[C@@H](C)C(=O)Nc2ccc(NC(C)=O)cc2)cc1. The maximum Gasteiger partial charge on any atom is 0.338 e. The van der Waals surface area contributed by atoms with Crippen LogP contribution < -0.4 is 15.4 Å². The standard InChI is InChI=1S/C20H22N2O5/c1-4-26-18-11-5-15(6-12-18)20(25)27-13(2)19(24)22-17-9-7-16(8-10-17)21-14(3)23/h5-13H,4H2,1-3H3,(H,21,23)(H,22,24)/t13-/m0/s1. The fourth-order valence-corrected chi connectivity index (χ4v) is 2.22. The molecule has 7 nitrogen and oxygen atoms in total. The number of esters is 1. The van der Waals surface area contributed by atoms with Gasteiger partial charge in [-0.2, -0.15) is 0 Å². The van der Waals surface area contributed by atoms with E-state index in [0.717, 1.165) is 0 Å². The summed E-state index contributed by atoms with van der Waals surface area (Å²) in [4.78, 5) is 35.3. The van der Waals surface area contributed by atoms with E-state index in [4.69, 9.17) is 9.47 Å². The lowest BCUT2D eigenvalue weighted by atomic mass is 10.2. The first-order chi connectivity index (χ1) is 12.9. The third-order valence-electron chi connectivity index (χ3n) is 3.53. The number of amides is 2. The predicted molar refractivity (Wildman–Crippen MR) is 102 cm³/mol. The van der Waals surface area contributed by atoms with Crippen LogP contribution >= 0.6 is 0 Å². The van der Waals surface area contributed by atoms with Gasteiger partial charge in [0.15, 0.2) is 6.10 Å². The van der Waals surface area contributed by atoms with E-state index in [2.05, 4.69) is 10.6 Å². The Hall–Kier alpha value is -3.35. The molecule has 7 heteroatoms. The molecule has 0 saturated carbocycles.